The van der Waals surface area contributed by atoms with Crippen LogP contribution in [0.25, 0.3) is 11.4 Å². The van der Waals surface area contributed by atoms with Crippen molar-refractivity contribution in [2.45, 2.75) is 44.6 Å². The molecule has 1 aromatic heterocycles. The van der Waals surface area contributed by atoms with E-state index in [0.717, 1.165) is 42.5 Å². The molecule has 2 N–H and O–H groups in total. The first kappa shape index (κ1) is 18.6. The van der Waals surface area contributed by atoms with Gasteiger partial charge in [-0.3, -0.25) is 0 Å². The molecule has 0 saturated heterocycles. The summed E-state index contributed by atoms with van der Waals surface area (Å²) >= 11 is 0. The molecule has 5 heteroatoms. The summed E-state index contributed by atoms with van der Waals surface area (Å²) in [5.41, 5.74) is 1.05. The van der Waals surface area contributed by atoms with Gasteiger partial charge in [0.15, 0.2) is 5.82 Å². The van der Waals surface area contributed by atoms with Gasteiger partial charge in [-0.1, -0.05) is 49.6 Å². The van der Waals surface area contributed by atoms with Crippen molar-refractivity contribution in [2.75, 3.05) is 37.8 Å². The number of benzene rings is 1. The number of rotatable bonds is 8. The molecule has 1 aliphatic carbocycles. The Bertz CT molecular complexity index is 665. The van der Waals surface area contributed by atoms with E-state index in [0.29, 0.717) is 6.04 Å². The van der Waals surface area contributed by atoms with E-state index in [1.165, 1.54) is 32.1 Å². The average molecular weight is 354 g/mol. The Morgan fingerprint density at radius 2 is 1.73 bits per heavy atom. The van der Waals surface area contributed by atoms with Gasteiger partial charge in [0.1, 0.15) is 11.6 Å². The average Bonchev–Trinajstić information content (AvgIpc) is 2.66. The molecule has 1 aliphatic rings. The molecule has 0 amide bonds. The molecule has 1 fully saturated rings. The summed E-state index contributed by atoms with van der Waals surface area (Å²) in [6, 6.07) is 12.8. The first-order valence-corrected chi connectivity index (χ1v) is 9.80. The van der Waals surface area contributed by atoms with E-state index in [2.05, 4.69) is 47.8 Å². The molecule has 3 rings (SSSR count). The number of aromatic nitrogens is 2. The lowest BCUT2D eigenvalue weighted by Crippen LogP contribution is -2.23. The van der Waals surface area contributed by atoms with Crippen LogP contribution in [0.5, 0.6) is 0 Å². The highest BCUT2D eigenvalue weighted by Crippen LogP contribution is 2.24. The summed E-state index contributed by atoms with van der Waals surface area (Å²) in [5.74, 6) is 2.61. The number of hydrogen-bond donors (Lipinski definition) is 2. The molecule has 2 aromatic rings. The molecule has 1 aromatic carbocycles. The highest BCUT2D eigenvalue weighted by Gasteiger charge is 2.15. The fraction of sp³-hybridized carbons (Fsp3) is 0.524. The molecule has 0 radical (unpaired) electrons. The van der Waals surface area contributed by atoms with Crippen LogP contribution in [0.1, 0.15) is 38.5 Å². The first-order chi connectivity index (χ1) is 12.7. The molecule has 0 spiro atoms. The molecule has 0 atom stereocenters. The van der Waals surface area contributed by atoms with Gasteiger partial charge in [0.25, 0.3) is 0 Å². The normalized spacial score (nSPS) is 15.2. The van der Waals surface area contributed by atoms with E-state index >= 15 is 0 Å². The molecule has 140 valence electrons. The number of hydrogen-bond acceptors (Lipinski definition) is 5. The van der Waals surface area contributed by atoms with Crippen molar-refractivity contribution < 1.29 is 0 Å². The van der Waals surface area contributed by atoms with Crippen LogP contribution in [0.15, 0.2) is 36.4 Å². The van der Waals surface area contributed by atoms with Crippen LogP contribution in [0.3, 0.4) is 0 Å². The Morgan fingerprint density at radius 3 is 2.46 bits per heavy atom. The van der Waals surface area contributed by atoms with Gasteiger partial charge in [-0.15, -0.1) is 0 Å². The van der Waals surface area contributed by atoms with E-state index in [1.807, 2.05) is 18.2 Å². The quantitative estimate of drug-likeness (QED) is 0.695. The molecule has 1 heterocycles. The summed E-state index contributed by atoms with van der Waals surface area (Å²) in [5, 5.41) is 7.11. The molecular weight excluding hydrogens is 322 g/mol. The fourth-order valence-electron chi connectivity index (χ4n) is 3.40. The fourth-order valence-corrected chi connectivity index (χ4v) is 3.40. The van der Waals surface area contributed by atoms with Crippen molar-refractivity contribution in [1.82, 2.24) is 14.9 Å². The smallest absolute Gasteiger partial charge is 0.163 e. The molecule has 26 heavy (non-hydrogen) atoms. The van der Waals surface area contributed by atoms with Crippen LogP contribution >= 0.6 is 0 Å². The van der Waals surface area contributed by atoms with E-state index in [-0.39, 0.29) is 0 Å². The summed E-state index contributed by atoms with van der Waals surface area (Å²) in [4.78, 5) is 11.7. The lowest BCUT2D eigenvalue weighted by Gasteiger charge is -2.23. The highest BCUT2D eigenvalue weighted by molar-refractivity contribution is 5.61. The maximum absolute atomic E-state index is 4.78. The van der Waals surface area contributed by atoms with Gasteiger partial charge in [0.2, 0.25) is 0 Å². The maximum atomic E-state index is 4.78. The van der Waals surface area contributed by atoms with Crippen LogP contribution in [0.4, 0.5) is 11.6 Å². The third-order valence-electron chi connectivity index (χ3n) is 4.80. The Kier molecular flexibility index (Phi) is 6.83. The van der Waals surface area contributed by atoms with Crippen LogP contribution < -0.4 is 10.6 Å². The predicted octanol–water partition coefficient (Wildman–Crippen LogP) is 4.25. The van der Waals surface area contributed by atoms with E-state index in [1.54, 1.807) is 0 Å². The first-order valence-electron chi connectivity index (χ1n) is 9.80. The van der Waals surface area contributed by atoms with E-state index in [9.17, 15) is 0 Å². The highest BCUT2D eigenvalue weighted by atomic mass is 15.1. The summed E-state index contributed by atoms with van der Waals surface area (Å²) in [6.07, 6.45) is 7.53. The third kappa shape index (κ3) is 5.70. The van der Waals surface area contributed by atoms with Gasteiger partial charge in [-0.2, -0.15) is 0 Å². The van der Waals surface area contributed by atoms with Crippen molar-refractivity contribution in [3.05, 3.63) is 36.4 Å². The van der Waals surface area contributed by atoms with Crippen molar-refractivity contribution in [3.63, 3.8) is 0 Å². The lowest BCUT2D eigenvalue weighted by molar-refractivity contribution is 0.405. The minimum absolute atomic E-state index is 0.531. The Morgan fingerprint density at radius 1 is 1.00 bits per heavy atom. The largest absolute Gasteiger partial charge is 0.370 e. The van der Waals surface area contributed by atoms with Gasteiger partial charge >= 0.3 is 0 Å². The Labute approximate surface area is 157 Å². The minimum Gasteiger partial charge on any atom is -0.370 e. The topological polar surface area (TPSA) is 53.1 Å². The van der Waals surface area contributed by atoms with E-state index < -0.39 is 0 Å². The molecule has 1 saturated carbocycles. The van der Waals surface area contributed by atoms with Gasteiger partial charge in [-0.05, 0) is 39.9 Å². The predicted molar refractivity (Wildman–Crippen MR) is 110 cm³/mol. The summed E-state index contributed by atoms with van der Waals surface area (Å²) in [6.45, 7) is 1.98. The van der Waals surface area contributed by atoms with Crippen LogP contribution in [0, 0.1) is 0 Å². The van der Waals surface area contributed by atoms with Crippen molar-refractivity contribution in [1.29, 1.82) is 0 Å². The van der Waals surface area contributed by atoms with Gasteiger partial charge in [0, 0.05) is 24.2 Å². The lowest BCUT2D eigenvalue weighted by atomic mass is 9.95. The van der Waals surface area contributed by atoms with Crippen molar-refractivity contribution in [3.8, 4) is 11.4 Å². The zero-order valence-corrected chi connectivity index (χ0v) is 16.0. The molecule has 0 bridgehead atoms. The second-order valence-corrected chi connectivity index (χ2v) is 7.39. The zero-order chi connectivity index (χ0) is 18.2. The number of nitrogens with zero attached hydrogens (tertiary/aromatic N) is 3. The molecule has 0 aliphatic heterocycles. The van der Waals surface area contributed by atoms with Gasteiger partial charge < -0.3 is 15.5 Å². The van der Waals surface area contributed by atoms with Crippen molar-refractivity contribution in [2.24, 2.45) is 0 Å². The zero-order valence-electron chi connectivity index (χ0n) is 16.0. The Hall–Kier alpha value is -2.14. The van der Waals surface area contributed by atoms with Crippen LogP contribution in [-0.2, 0) is 0 Å². The van der Waals surface area contributed by atoms with Crippen LogP contribution in [-0.4, -0.2) is 48.1 Å². The summed E-state index contributed by atoms with van der Waals surface area (Å²) < 4.78 is 0. The van der Waals surface area contributed by atoms with Gasteiger partial charge in [0.05, 0.1) is 0 Å². The number of anilines is 2. The second-order valence-electron chi connectivity index (χ2n) is 7.39. The third-order valence-corrected chi connectivity index (χ3v) is 4.80. The maximum Gasteiger partial charge on any atom is 0.163 e. The Balaban J connectivity index is 1.74. The standard InChI is InChI=1S/C21H31N5/c1-26(2)15-9-14-22-19-16-20(23-18-12-7-4-8-13-18)25-21(24-19)17-10-5-3-6-11-17/h3,5-6,10-11,16,18H,4,7-9,12-15H2,1-2H3,(H2,22,23,24,25). The second kappa shape index (κ2) is 9.53. The van der Waals surface area contributed by atoms with E-state index in [4.69, 9.17) is 9.97 Å². The SMILES string of the molecule is CN(C)CCCNc1cc(NC2CCCCC2)nc(-c2ccccc2)n1. The number of nitrogens with one attached hydrogen (secondary N) is 2. The molecule has 5 nitrogen and oxygen atoms in total. The monoisotopic (exact) mass is 353 g/mol. The van der Waals surface area contributed by atoms with Crippen LogP contribution in [0.2, 0.25) is 0 Å². The molecular formula is C21H31N5. The summed E-state index contributed by atoms with van der Waals surface area (Å²) in [7, 11) is 4.20. The van der Waals surface area contributed by atoms with Crippen molar-refractivity contribution >= 4 is 11.6 Å². The minimum atomic E-state index is 0.531. The molecule has 0 unspecified atom stereocenters. The van der Waals surface area contributed by atoms with Gasteiger partial charge in [-0.25, -0.2) is 9.97 Å².